The van der Waals surface area contributed by atoms with Crippen LogP contribution in [0.4, 0.5) is 0 Å². The highest BCUT2D eigenvalue weighted by Crippen LogP contribution is 2.28. The van der Waals surface area contributed by atoms with Gasteiger partial charge in [0.05, 0.1) is 0 Å². The second-order valence-electron chi connectivity index (χ2n) is 11.5. The Morgan fingerprint density at radius 3 is 2.38 bits per heavy atom. The molecule has 2 unspecified atom stereocenters. The summed E-state index contributed by atoms with van der Waals surface area (Å²) in [6.07, 6.45) is 7.16. The van der Waals surface area contributed by atoms with E-state index in [1.807, 2.05) is 24.3 Å². The number of ether oxygens (including phenoxy) is 1. The van der Waals surface area contributed by atoms with Crippen molar-refractivity contribution in [3.63, 3.8) is 0 Å². The molecule has 1 N–H and O–H groups in total. The molecule has 2 heterocycles. The monoisotopic (exact) mass is 539 g/mol. The fraction of sp³-hybridized carbons (Fsp3) is 0.457. The van der Waals surface area contributed by atoms with E-state index < -0.39 is 0 Å². The van der Waals surface area contributed by atoms with E-state index in [0.717, 1.165) is 51.2 Å². The van der Waals surface area contributed by atoms with Crippen LogP contribution in [-0.4, -0.2) is 67.1 Å². The molecule has 0 aromatic heterocycles. The van der Waals surface area contributed by atoms with Crippen molar-refractivity contribution in [2.24, 2.45) is 0 Å². The lowest BCUT2D eigenvalue weighted by Gasteiger charge is -2.35. The summed E-state index contributed by atoms with van der Waals surface area (Å²) in [5.41, 5.74) is 3.37. The Morgan fingerprint density at radius 2 is 1.65 bits per heavy atom. The summed E-state index contributed by atoms with van der Waals surface area (Å²) in [6, 6.07) is 30.0. The number of amides is 1. The van der Waals surface area contributed by atoms with Crippen LogP contribution in [0.2, 0.25) is 0 Å². The van der Waals surface area contributed by atoms with Gasteiger partial charge in [0.25, 0.3) is 5.91 Å². The molecule has 2 aliphatic rings. The molecule has 0 aliphatic carbocycles. The molecule has 40 heavy (non-hydrogen) atoms. The maximum absolute atomic E-state index is 12.9. The van der Waals surface area contributed by atoms with Crippen LogP contribution < -0.4 is 10.1 Å². The van der Waals surface area contributed by atoms with Gasteiger partial charge in [-0.05, 0) is 81.4 Å². The van der Waals surface area contributed by atoms with Crippen LogP contribution in [0.5, 0.6) is 5.75 Å². The zero-order valence-corrected chi connectivity index (χ0v) is 24.0. The van der Waals surface area contributed by atoms with E-state index in [9.17, 15) is 4.79 Å². The van der Waals surface area contributed by atoms with Crippen molar-refractivity contribution in [3.05, 3.63) is 102 Å². The first-order chi connectivity index (χ1) is 19.7. The van der Waals surface area contributed by atoms with Gasteiger partial charge in [-0.3, -0.25) is 9.69 Å². The zero-order valence-electron chi connectivity index (χ0n) is 24.0. The molecule has 5 heteroatoms. The predicted molar refractivity (Wildman–Crippen MR) is 163 cm³/mol. The van der Waals surface area contributed by atoms with Gasteiger partial charge in [0.1, 0.15) is 11.9 Å². The zero-order chi connectivity index (χ0) is 27.6. The Morgan fingerprint density at radius 1 is 0.900 bits per heavy atom. The minimum Gasteiger partial charge on any atom is -0.489 e. The Hall–Kier alpha value is -3.15. The van der Waals surface area contributed by atoms with Crippen molar-refractivity contribution in [1.29, 1.82) is 0 Å². The Balaban J connectivity index is 1.13. The van der Waals surface area contributed by atoms with E-state index in [4.69, 9.17) is 4.74 Å². The van der Waals surface area contributed by atoms with Crippen molar-refractivity contribution in [2.45, 2.75) is 63.5 Å². The van der Waals surface area contributed by atoms with Crippen molar-refractivity contribution in [1.82, 2.24) is 15.1 Å². The first kappa shape index (κ1) is 28.4. The number of carbonyl (C=O) groups is 1. The predicted octanol–water partition coefficient (Wildman–Crippen LogP) is 6.36. The fourth-order valence-electron chi connectivity index (χ4n) is 6.29. The molecule has 2 atom stereocenters. The van der Waals surface area contributed by atoms with Crippen LogP contribution in [0, 0.1) is 0 Å². The van der Waals surface area contributed by atoms with E-state index in [-0.39, 0.29) is 12.0 Å². The number of carbonyl (C=O) groups excluding carboxylic acids is 1. The summed E-state index contributed by atoms with van der Waals surface area (Å²) in [6.45, 7) is 8.20. The average molecular weight is 540 g/mol. The standard InChI is InChI=1S/C35H45N3O2/c1-28-13-8-9-23-38(28)24-12-21-36-35(39)31-18-10-19-32(25-31)40-33-20-11-22-37(26-33)27-34(29-14-4-2-5-15-29)30-16-6-3-7-17-30/h2-7,10,14-19,25,28,33-34H,8-9,11-13,20-24,26-27H2,1H3,(H,36,39). The van der Waals surface area contributed by atoms with Crippen LogP contribution >= 0.6 is 0 Å². The lowest BCUT2D eigenvalue weighted by Crippen LogP contribution is -2.43. The summed E-state index contributed by atoms with van der Waals surface area (Å²) in [4.78, 5) is 18.0. The second-order valence-corrected chi connectivity index (χ2v) is 11.5. The van der Waals surface area contributed by atoms with Crippen molar-refractivity contribution in [2.75, 3.05) is 39.3 Å². The molecule has 2 fully saturated rings. The van der Waals surface area contributed by atoms with Gasteiger partial charge in [0.15, 0.2) is 0 Å². The second kappa shape index (κ2) is 14.5. The third-order valence-corrected chi connectivity index (χ3v) is 8.55. The molecule has 2 saturated heterocycles. The summed E-state index contributed by atoms with van der Waals surface area (Å²) in [5.74, 6) is 1.09. The van der Waals surface area contributed by atoms with Crippen molar-refractivity contribution in [3.8, 4) is 5.75 Å². The highest BCUT2D eigenvalue weighted by atomic mass is 16.5. The van der Waals surface area contributed by atoms with Gasteiger partial charge in [-0.25, -0.2) is 0 Å². The van der Waals surface area contributed by atoms with E-state index in [1.54, 1.807) is 0 Å². The molecule has 3 aromatic rings. The largest absolute Gasteiger partial charge is 0.489 e. The van der Waals surface area contributed by atoms with Gasteiger partial charge in [0.2, 0.25) is 0 Å². The quantitative estimate of drug-likeness (QED) is 0.288. The van der Waals surface area contributed by atoms with E-state index in [1.165, 1.54) is 36.9 Å². The van der Waals surface area contributed by atoms with Gasteiger partial charge >= 0.3 is 0 Å². The molecule has 5 nitrogen and oxygen atoms in total. The number of nitrogens with zero attached hydrogens (tertiary/aromatic N) is 2. The van der Waals surface area contributed by atoms with Crippen LogP contribution in [0.3, 0.4) is 0 Å². The van der Waals surface area contributed by atoms with Crippen molar-refractivity contribution < 1.29 is 9.53 Å². The van der Waals surface area contributed by atoms with E-state index >= 15 is 0 Å². The van der Waals surface area contributed by atoms with Crippen LogP contribution in [0.15, 0.2) is 84.9 Å². The number of piperidine rings is 2. The minimum absolute atomic E-state index is 0.0176. The molecule has 0 saturated carbocycles. The van der Waals surface area contributed by atoms with Crippen LogP contribution in [0.1, 0.15) is 72.9 Å². The topological polar surface area (TPSA) is 44.8 Å². The third-order valence-electron chi connectivity index (χ3n) is 8.55. The molecule has 2 aliphatic heterocycles. The summed E-state index contributed by atoms with van der Waals surface area (Å²) < 4.78 is 6.46. The number of likely N-dealkylation sites (tertiary alicyclic amines) is 2. The highest BCUT2D eigenvalue weighted by Gasteiger charge is 2.25. The molecule has 0 bridgehead atoms. The minimum atomic E-state index is -0.0176. The maximum atomic E-state index is 12.9. The van der Waals surface area contributed by atoms with Gasteiger partial charge < -0.3 is 15.0 Å². The molecule has 0 radical (unpaired) electrons. The van der Waals surface area contributed by atoms with Gasteiger partial charge in [-0.2, -0.15) is 0 Å². The third kappa shape index (κ3) is 7.96. The van der Waals surface area contributed by atoms with E-state index in [0.29, 0.717) is 24.1 Å². The fourth-order valence-corrected chi connectivity index (χ4v) is 6.29. The summed E-state index contributed by atoms with van der Waals surface area (Å²) >= 11 is 0. The summed E-state index contributed by atoms with van der Waals surface area (Å²) in [7, 11) is 0. The first-order valence-corrected chi connectivity index (χ1v) is 15.3. The number of rotatable bonds is 11. The number of hydrogen-bond acceptors (Lipinski definition) is 4. The first-order valence-electron chi connectivity index (χ1n) is 15.3. The smallest absolute Gasteiger partial charge is 0.251 e. The molecular weight excluding hydrogens is 494 g/mol. The SMILES string of the molecule is CC1CCCCN1CCCNC(=O)c1cccc(OC2CCCN(CC(c3ccccc3)c3ccccc3)C2)c1. The van der Waals surface area contributed by atoms with E-state index in [2.05, 4.69) is 82.7 Å². The highest BCUT2D eigenvalue weighted by molar-refractivity contribution is 5.94. The van der Waals surface area contributed by atoms with Gasteiger partial charge in [0, 0.05) is 43.7 Å². The number of nitrogens with one attached hydrogen (secondary N) is 1. The Bertz CT molecular complexity index is 1150. The molecule has 5 rings (SSSR count). The normalized spacial score (nSPS) is 20.4. The molecular formula is C35H45N3O2. The van der Waals surface area contributed by atoms with Gasteiger partial charge in [-0.1, -0.05) is 73.2 Å². The number of benzene rings is 3. The molecule has 3 aromatic carbocycles. The van der Waals surface area contributed by atoms with Crippen LogP contribution in [0.25, 0.3) is 0 Å². The maximum Gasteiger partial charge on any atom is 0.251 e. The van der Waals surface area contributed by atoms with Crippen LogP contribution in [-0.2, 0) is 0 Å². The van der Waals surface area contributed by atoms with Gasteiger partial charge in [-0.15, -0.1) is 0 Å². The Labute approximate surface area is 240 Å². The molecule has 0 spiro atoms. The number of hydrogen-bond donors (Lipinski definition) is 1. The lowest BCUT2D eigenvalue weighted by atomic mass is 9.90. The molecule has 212 valence electrons. The lowest BCUT2D eigenvalue weighted by molar-refractivity contribution is 0.0860. The van der Waals surface area contributed by atoms with Crippen molar-refractivity contribution >= 4 is 5.91 Å². The average Bonchev–Trinajstić information content (AvgIpc) is 3.00. The summed E-state index contributed by atoms with van der Waals surface area (Å²) in [5, 5.41) is 3.11. The Kier molecular flexibility index (Phi) is 10.3. The molecule has 1 amide bonds.